The smallest absolute Gasteiger partial charge is 0.131 e. The number of nitrogens with zero attached hydrogens (tertiary/aromatic N) is 1. The van der Waals surface area contributed by atoms with Crippen molar-refractivity contribution in [1.29, 1.82) is 0 Å². The second kappa shape index (κ2) is 6.58. The van der Waals surface area contributed by atoms with E-state index in [0.29, 0.717) is 6.61 Å². The van der Waals surface area contributed by atoms with E-state index in [-0.39, 0.29) is 6.04 Å². The Kier molecular flexibility index (Phi) is 4.56. The zero-order valence-electron chi connectivity index (χ0n) is 12.5. The van der Waals surface area contributed by atoms with Crippen LogP contribution in [0.25, 0.3) is 0 Å². The number of benzene rings is 1. The van der Waals surface area contributed by atoms with E-state index < -0.39 is 0 Å². The van der Waals surface area contributed by atoms with Gasteiger partial charge in [0.1, 0.15) is 12.4 Å². The Balaban J connectivity index is 1.66. The van der Waals surface area contributed by atoms with E-state index >= 15 is 0 Å². The molecule has 1 aliphatic rings. The molecule has 0 fully saturated rings. The normalized spacial score (nSPS) is 17.5. The molecule has 0 saturated heterocycles. The lowest BCUT2D eigenvalue weighted by molar-refractivity contribution is 0.301. The first kappa shape index (κ1) is 14.5. The Morgan fingerprint density at radius 2 is 2.33 bits per heavy atom. The third kappa shape index (κ3) is 3.44. The fourth-order valence-electron chi connectivity index (χ4n) is 2.80. The molecule has 0 spiro atoms. The van der Waals surface area contributed by atoms with Gasteiger partial charge in [-0.25, -0.2) is 4.98 Å². The highest BCUT2D eigenvalue weighted by Gasteiger charge is 2.17. The van der Waals surface area contributed by atoms with Crippen molar-refractivity contribution in [1.82, 2.24) is 4.98 Å². The molecular formula is C17H22N2OS. The standard InChI is InChI=1S/C17H22N2OS/c1-2-4-17-19-13(11-21-17)10-20-14-8-7-12-5-3-6-16(18)15(12)9-14/h7-9,11,16H,2-6,10,18H2,1H3. The molecular weight excluding hydrogens is 280 g/mol. The highest BCUT2D eigenvalue weighted by Crippen LogP contribution is 2.31. The van der Waals surface area contributed by atoms with Gasteiger partial charge in [-0.1, -0.05) is 13.0 Å². The van der Waals surface area contributed by atoms with Gasteiger partial charge in [0.05, 0.1) is 10.7 Å². The summed E-state index contributed by atoms with van der Waals surface area (Å²) in [5.74, 6) is 0.899. The number of nitrogens with two attached hydrogens (primary N) is 1. The molecule has 1 aromatic carbocycles. The van der Waals surface area contributed by atoms with Gasteiger partial charge < -0.3 is 10.5 Å². The molecule has 0 saturated carbocycles. The molecule has 0 amide bonds. The summed E-state index contributed by atoms with van der Waals surface area (Å²) >= 11 is 1.72. The number of thiazole rings is 1. The Bertz CT molecular complexity index is 609. The maximum Gasteiger partial charge on any atom is 0.131 e. The monoisotopic (exact) mass is 302 g/mol. The van der Waals surface area contributed by atoms with Crippen LogP contribution >= 0.6 is 11.3 Å². The lowest BCUT2D eigenvalue weighted by Gasteiger charge is -2.22. The average molecular weight is 302 g/mol. The minimum Gasteiger partial charge on any atom is -0.487 e. The van der Waals surface area contributed by atoms with Crippen LogP contribution in [0, 0.1) is 0 Å². The van der Waals surface area contributed by atoms with E-state index in [1.807, 2.05) is 0 Å². The summed E-state index contributed by atoms with van der Waals surface area (Å²) in [6.45, 7) is 2.71. The van der Waals surface area contributed by atoms with Crippen LogP contribution in [0.5, 0.6) is 5.75 Å². The molecule has 1 atom stereocenters. The summed E-state index contributed by atoms with van der Waals surface area (Å²) in [6, 6.07) is 6.48. The lowest BCUT2D eigenvalue weighted by Crippen LogP contribution is -2.17. The summed E-state index contributed by atoms with van der Waals surface area (Å²) in [4.78, 5) is 4.59. The van der Waals surface area contributed by atoms with Gasteiger partial charge >= 0.3 is 0 Å². The maximum absolute atomic E-state index is 6.19. The summed E-state index contributed by atoms with van der Waals surface area (Å²) in [5.41, 5.74) is 9.84. The largest absolute Gasteiger partial charge is 0.487 e. The molecule has 4 heteroatoms. The quantitative estimate of drug-likeness (QED) is 0.907. The first-order chi connectivity index (χ1) is 10.3. The van der Waals surface area contributed by atoms with Crippen molar-refractivity contribution < 1.29 is 4.74 Å². The maximum atomic E-state index is 6.19. The second-order valence-corrected chi connectivity index (χ2v) is 6.57. The molecule has 1 unspecified atom stereocenters. The first-order valence-corrected chi connectivity index (χ1v) is 8.58. The minimum absolute atomic E-state index is 0.160. The Hall–Kier alpha value is -1.39. The zero-order valence-corrected chi connectivity index (χ0v) is 13.3. The molecule has 2 N–H and O–H groups in total. The Labute approximate surface area is 130 Å². The van der Waals surface area contributed by atoms with Gasteiger partial charge in [-0.3, -0.25) is 0 Å². The fourth-order valence-corrected chi connectivity index (χ4v) is 3.69. The molecule has 21 heavy (non-hydrogen) atoms. The molecule has 3 rings (SSSR count). The highest BCUT2D eigenvalue weighted by molar-refractivity contribution is 7.09. The molecule has 112 valence electrons. The van der Waals surface area contributed by atoms with Gasteiger partial charge in [0.2, 0.25) is 0 Å². The van der Waals surface area contributed by atoms with Crippen LogP contribution in [-0.4, -0.2) is 4.98 Å². The van der Waals surface area contributed by atoms with Crippen LogP contribution in [0.2, 0.25) is 0 Å². The van der Waals surface area contributed by atoms with E-state index in [9.17, 15) is 0 Å². The van der Waals surface area contributed by atoms with Crippen LogP contribution in [0.3, 0.4) is 0 Å². The molecule has 0 bridgehead atoms. The van der Waals surface area contributed by atoms with E-state index in [2.05, 4.69) is 35.5 Å². The van der Waals surface area contributed by atoms with E-state index in [1.54, 1.807) is 11.3 Å². The minimum atomic E-state index is 0.160. The summed E-state index contributed by atoms with van der Waals surface area (Å²) in [6.07, 6.45) is 5.58. The van der Waals surface area contributed by atoms with Crippen LogP contribution in [-0.2, 0) is 19.4 Å². The molecule has 1 aromatic heterocycles. The number of hydrogen-bond donors (Lipinski definition) is 1. The van der Waals surface area contributed by atoms with Gasteiger partial charge in [0.25, 0.3) is 0 Å². The number of aromatic nitrogens is 1. The lowest BCUT2D eigenvalue weighted by atomic mass is 9.88. The van der Waals surface area contributed by atoms with Crippen LogP contribution < -0.4 is 10.5 Å². The van der Waals surface area contributed by atoms with Crippen LogP contribution in [0.4, 0.5) is 0 Å². The van der Waals surface area contributed by atoms with Crippen molar-refractivity contribution in [2.45, 2.75) is 51.7 Å². The number of fused-ring (bicyclic) bond motifs is 1. The molecule has 1 aliphatic carbocycles. The van der Waals surface area contributed by atoms with Crippen molar-refractivity contribution in [2.24, 2.45) is 5.73 Å². The Morgan fingerprint density at radius 1 is 1.43 bits per heavy atom. The Morgan fingerprint density at radius 3 is 3.19 bits per heavy atom. The summed E-state index contributed by atoms with van der Waals surface area (Å²) in [7, 11) is 0. The van der Waals surface area contributed by atoms with Crippen molar-refractivity contribution >= 4 is 11.3 Å². The third-order valence-electron chi connectivity index (χ3n) is 3.93. The third-order valence-corrected chi connectivity index (χ3v) is 4.89. The molecule has 1 heterocycles. The van der Waals surface area contributed by atoms with Crippen molar-refractivity contribution in [2.75, 3.05) is 0 Å². The topological polar surface area (TPSA) is 48.1 Å². The number of rotatable bonds is 5. The average Bonchev–Trinajstić information content (AvgIpc) is 2.94. The van der Waals surface area contributed by atoms with Crippen LogP contribution in [0.15, 0.2) is 23.6 Å². The predicted molar refractivity (Wildman–Crippen MR) is 86.7 cm³/mol. The summed E-state index contributed by atoms with van der Waals surface area (Å²) < 4.78 is 5.89. The van der Waals surface area contributed by atoms with Gasteiger partial charge in [-0.15, -0.1) is 11.3 Å². The van der Waals surface area contributed by atoms with Gasteiger partial charge in [0, 0.05) is 11.4 Å². The molecule has 0 aliphatic heterocycles. The van der Waals surface area contributed by atoms with Crippen molar-refractivity contribution in [3.8, 4) is 5.75 Å². The van der Waals surface area contributed by atoms with Crippen molar-refractivity contribution in [3.63, 3.8) is 0 Å². The van der Waals surface area contributed by atoms with Gasteiger partial charge in [-0.05, 0) is 55.4 Å². The molecule has 0 radical (unpaired) electrons. The van der Waals surface area contributed by atoms with E-state index in [0.717, 1.165) is 37.1 Å². The van der Waals surface area contributed by atoms with E-state index in [4.69, 9.17) is 10.5 Å². The van der Waals surface area contributed by atoms with Crippen LogP contribution in [0.1, 0.15) is 54.1 Å². The SMILES string of the molecule is CCCc1nc(COc2ccc3c(c2)C(N)CCC3)cs1. The zero-order chi connectivity index (χ0) is 14.7. The first-order valence-electron chi connectivity index (χ1n) is 7.70. The summed E-state index contributed by atoms with van der Waals surface area (Å²) in [5, 5.41) is 3.29. The van der Waals surface area contributed by atoms with Gasteiger partial charge in [0.15, 0.2) is 0 Å². The highest BCUT2D eigenvalue weighted by atomic mass is 32.1. The molecule has 2 aromatic rings. The number of ether oxygens (including phenoxy) is 1. The van der Waals surface area contributed by atoms with Gasteiger partial charge in [-0.2, -0.15) is 0 Å². The molecule has 3 nitrogen and oxygen atoms in total. The number of aryl methyl sites for hydroxylation is 2. The van der Waals surface area contributed by atoms with E-state index in [1.165, 1.54) is 22.6 Å². The fraction of sp³-hybridized carbons (Fsp3) is 0.471. The van der Waals surface area contributed by atoms with Crippen molar-refractivity contribution in [3.05, 3.63) is 45.4 Å². The predicted octanol–water partition coefficient (Wildman–Crippen LogP) is 4.01. The number of hydrogen-bond acceptors (Lipinski definition) is 4. The second-order valence-electron chi connectivity index (χ2n) is 5.63.